The number of nitrogens with zero attached hydrogens (tertiary/aromatic N) is 3. The zero-order valence-electron chi connectivity index (χ0n) is 19.3. The molecule has 0 fully saturated rings. The van der Waals surface area contributed by atoms with Crippen molar-refractivity contribution in [1.29, 1.82) is 0 Å². The second kappa shape index (κ2) is 9.52. The van der Waals surface area contributed by atoms with Gasteiger partial charge in [0.25, 0.3) is 5.91 Å². The number of ether oxygens (including phenoxy) is 1. The number of hydrogen-bond donors (Lipinski definition) is 2. The van der Waals surface area contributed by atoms with Crippen LogP contribution in [0.25, 0.3) is 27.5 Å². The highest BCUT2D eigenvalue weighted by Crippen LogP contribution is 2.25. The molecule has 0 aliphatic heterocycles. The van der Waals surface area contributed by atoms with Gasteiger partial charge in [0.1, 0.15) is 16.8 Å². The minimum atomic E-state index is -0.315. The van der Waals surface area contributed by atoms with E-state index in [0.717, 1.165) is 33.2 Å². The molecule has 0 radical (unpaired) electrons. The number of carbonyl (C=O) groups excluding carboxylic acids is 1. The molecule has 35 heavy (non-hydrogen) atoms. The number of amides is 1. The number of aryl methyl sites for hydroxylation is 1. The summed E-state index contributed by atoms with van der Waals surface area (Å²) in [5.74, 6) is 0.319. The van der Waals surface area contributed by atoms with Crippen LogP contribution in [-0.2, 0) is 0 Å². The third-order valence-electron chi connectivity index (χ3n) is 5.59. The third kappa shape index (κ3) is 4.69. The molecular weight excluding hydrogens is 458 g/mol. The van der Waals surface area contributed by atoms with Gasteiger partial charge in [0.05, 0.1) is 12.3 Å². The summed E-state index contributed by atoms with van der Waals surface area (Å²) in [4.78, 5) is 14.3. The Hall–Kier alpha value is -4.30. The fraction of sp³-hybridized carbons (Fsp3) is 0.111. The van der Waals surface area contributed by atoms with Gasteiger partial charge in [0.2, 0.25) is 0 Å². The van der Waals surface area contributed by atoms with Gasteiger partial charge in [-0.2, -0.15) is 0 Å². The van der Waals surface area contributed by atoms with E-state index in [2.05, 4.69) is 33.9 Å². The highest BCUT2D eigenvalue weighted by atomic mass is 32.1. The number of rotatable bonds is 5. The molecule has 0 saturated carbocycles. The largest absolute Gasteiger partial charge is 0.494 e. The molecule has 0 atom stereocenters. The van der Waals surface area contributed by atoms with Gasteiger partial charge in [0, 0.05) is 16.6 Å². The summed E-state index contributed by atoms with van der Waals surface area (Å²) in [6.07, 6.45) is 0. The molecule has 5 aromatic rings. The molecule has 7 nitrogen and oxygen atoms in total. The van der Waals surface area contributed by atoms with Gasteiger partial charge in [-0.3, -0.25) is 10.1 Å². The molecule has 1 aromatic heterocycles. The van der Waals surface area contributed by atoms with E-state index in [0.29, 0.717) is 23.4 Å². The van der Waals surface area contributed by atoms with Gasteiger partial charge in [-0.1, -0.05) is 42.5 Å². The topological polar surface area (TPSA) is 81.1 Å². The van der Waals surface area contributed by atoms with Crippen LogP contribution in [0.3, 0.4) is 0 Å². The van der Waals surface area contributed by atoms with Crippen LogP contribution in [0, 0.1) is 6.92 Å². The predicted molar refractivity (Wildman–Crippen MR) is 142 cm³/mol. The SMILES string of the molecule is CCOc1cccc(C(=O)NC(=S)Nc2cc3nn(-c4cccc5ccccc45)nc3cc2C)c1. The van der Waals surface area contributed by atoms with Gasteiger partial charge in [0.15, 0.2) is 5.11 Å². The predicted octanol–water partition coefficient (Wildman–Crippen LogP) is 5.41. The first-order valence-electron chi connectivity index (χ1n) is 11.2. The summed E-state index contributed by atoms with van der Waals surface area (Å²) >= 11 is 5.40. The number of hydrogen-bond acceptors (Lipinski definition) is 5. The van der Waals surface area contributed by atoms with Gasteiger partial charge < -0.3 is 10.1 Å². The van der Waals surface area contributed by atoms with Crippen LogP contribution >= 0.6 is 12.2 Å². The van der Waals surface area contributed by atoms with Crippen molar-refractivity contribution in [2.45, 2.75) is 13.8 Å². The summed E-state index contributed by atoms with van der Waals surface area (Å²) in [6.45, 7) is 4.37. The van der Waals surface area contributed by atoms with E-state index in [1.807, 2.05) is 50.2 Å². The van der Waals surface area contributed by atoms with E-state index in [-0.39, 0.29) is 11.0 Å². The van der Waals surface area contributed by atoms with Crippen molar-refractivity contribution >= 4 is 50.7 Å². The summed E-state index contributed by atoms with van der Waals surface area (Å²) in [7, 11) is 0. The third-order valence-corrected chi connectivity index (χ3v) is 5.80. The Labute approximate surface area is 207 Å². The molecule has 1 heterocycles. The molecule has 0 unspecified atom stereocenters. The Morgan fingerprint density at radius 1 is 0.971 bits per heavy atom. The summed E-state index contributed by atoms with van der Waals surface area (Å²) < 4.78 is 5.47. The molecular formula is C27H23N5O2S. The van der Waals surface area contributed by atoms with Crippen molar-refractivity contribution in [3.05, 3.63) is 90.0 Å². The van der Waals surface area contributed by atoms with Crippen LogP contribution in [0.15, 0.2) is 78.9 Å². The van der Waals surface area contributed by atoms with E-state index in [4.69, 9.17) is 22.1 Å². The first-order chi connectivity index (χ1) is 17.0. The number of anilines is 1. The summed E-state index contributed by atoms with van der Waals surface area (Å²) in [5, 5.41) is 17.6. The van der Waals surface area contributed by atoms with Crippen LogP contribution in [0.2, 0.25) is 0 Å². The van der Waals surface area contributed by atoms with Crippen molar-refractivity contribution in [1.82, 2.24) is 20.3 Å². The molecule has 8 heteroatoms. The summed E-state index contributed by atoms with van der Waals surface area (Å²) in [5.41, 5.74) is 4.52. The second-order valence-corrected chi connectivity index (χ2v) is 8.42. The fourth-order valence-corrected chi connectivity index (χ4v) is 4.12. The zero-order chi connectivity index (χ0) is 24.4. The molecule has 1 amide bonds. The monoisotopic (exact) mass is 481 g/mol. The zero-order valence-corrected chi connectivity index (χ0v) is 20.1. The summed E-state index contributed by atoms with van der Waals surface area (Å²) in [6, 6.07) is 25.0. The first-order valence-corrected chi connectivity index (χ1v) is 11.6. The van der Waals surface area contributed by atoms with Crippen molar-refractivity contribution < 1.29 is 9.53 Å². The van der Waals surface area contributed by atoms with Crippen LogP contribution in [0.4, 0.5) is 5.69 Å². The number of aromatic nitrogens is 3. The van der Waals surface area contributed by atoms with Crippen molar-refractivity contribution in [2.24, 2.45) is 0 Å². The second-order valence-electron chi connectivity index (χ2n) is 8.01. The molecule has 174 valence electrons. The Bertz CT molecular complexity index is 1570. The van der Waals surface area contributed by atoms with E-state index in [9.17, 15) is 4.79 Å². The standard InChI is InChI=1S/C27H23N5O2S/c1-3-34-20-11-6-10-19(15-20)26(33)29-27(35)28-22-16-24-23(14-17(22)2)30-32(31-24)25-13-7-9-18-8-4-5-12-21(18)25/h4-16H,3H2,1-2H3,(H2,28,29,33,35). The smallest absolute Gasteiger partial charge is 0.257 e. The minimum absolute atomic E-state index is 0.195. The maximum atomic E-state index is 12.6. The number of carbonyl (C=O) groups is 1. The number of thiocarbonyl (C=S) groups is 1. The molecule has 4 aromatic carbocycles. The van der Waals surface area contributed by atoms with Gasteiger partial charge >= 0.3 is 0 Å². The van der Waals surface area contributed by atoms with E-state index in [1.165, 1.54) is 0 Å². The van der Waals surface area contributed by atoms with Crippen molar-refractivity contribution in [2.75, 3.05) is 11.9 Å². The molecule has 0 aliphatic carbocycles. The lowest BCUT2D eigenvalue weighted by Crippen LogP contribution is -2.34. The average Bonchev–Trinajstić information content (AvgIpc) is 3.26. The van der Waals surface area contributed by atoms with Gasteiger partial charge in [-0.15, -0.1) is 15.0 Å². The van der Waals surface area contributed by atoms with Crippen LogP contribution in [0.1, 0.15) is 22.8 Å². The van der Waals surface area contributed by atoms with E-state index in [1.54, 1.807) is 29.1 Å². The Morgan fingerprint density at radius 2 is 1.71 bits per heavy atom. The first kappa shape index (κ1) is 22.5. The molecule has 0 saturated heterocycles. The molecule has 0 spiro atoms. The van der Waals surface area contributed by atoms with Crippen LogP contribution < -0.4 is 15.4 Å². The van der Waals surface area contributed by atoms with Crippen molar-refractivity contribution in [3.63, 3.8) is 0 Å². The highest BCUT2D eigenvalue weighted by Gasteiger charge is 2.13. The minimum Gasteiger partial charge on any atom is -0.494 e. The average molecular weight is 482 g/mol. The maximum absolute atomic E-state index is 12.6. The van der Waals surface area contributed by atoms with E-state index >= 15 is 0 Å². The Morgan fingerprint density at radius 3 is 2.54 bits per heavy atom. The van der Waals surface area contributed by atoms with Gasteiger partial charge in [-0.05, 0) is 73.4 Å². The van der Waals surface area contributed by atoms with Crippen LogP contribution in [-0.4, -0.2) is 32.6 Å². The van der Waals surface area contributed by atoms with E-state index < -0.39 is 0 Å². The number of fused-ring (bicyclic) bond motifs is 2. The fourth-order valence-electron chi connectivity index (χ4n) is 3.92. The quantitative estimate of drug-likeness (QED) is 0.327. The molecule has 0 bridgehead atoms. The number of benzene rings is 4. The maximum Gasteiger partial charge on any atom is 0.257 e. The van der Waals surface area contributed by atoms with Crippen LogP contribution in [0.5, 0.6) is 5.75 Å². The molecule has 0 aliphatic rings. The van der Waals surface area contributed by atoms with Gasteiger partial charge in [-0.25, -0.2) is 0 Å². The molecule has 5 rings (SSSR count). The lowest BCUT2D eigenvalue weighted by molar-refractivity contribution is 0.0977. The lowest BCUT2D eigenvalue weighted by Gasteiger charge is -2.12. The van der Waals surface area contributed by atoms with Crippen molar-refractivity contribution in [3.8, 4) is 11.4 Å². The normalized spacial score (nSPS) is 10.9. The highest BCUT2D eigenvalue weighted by molar-refractivity contribution is 7.80. The Balaban J connectivity index is 1.37. The lowest BCUT2D eigenvalue weighted by atomic mass is 10.1. The molecule has 2 N–H and O–H groups in total. The Kier molecular flexibility index (Phi) is 6.12. The number of nitrogens with one attached hydrogen (secondary N) is 2.